The van der Waals surface area contributed by atoms with Gasteiger partial charge in [0.15, 0.2) is 0 Å². The van der Waals surface area contributed by atoms with Crippen LogP contribution in [0.4, 0.5) is 5.69 Å². The number of carbonyl (C=O) groups is 1. The average Bonchev–Trinajstić information content (AvgIpc) is 2.90. The minimum atomic E-state index is -3.74. The van der Waals surface area contributed by atoms with Crippen molar-refractivity contribution in [2.75, 3.05) is 17.5 Å². The van der Waals surface area contributed by atoms with Gasteiger partial charge in [0.25, 0.3) is 10.0 Å². The number of carbonyl (C=O) groups excluding carboxylic acids is 1. The third-order valence-electron chi connectivity index (χ3n) is 4.67. The predicted octanol–water partition coefficient (Wildman–Crippen LogP) is 3.06. The monoisotopic (exact) mass is 396 g/mol. The van der Waals surface area contributed by atoms with E-state index in [9.17, 15) is 13.2 Å². The summed E-state index contributed by atoms with van der Waals surface area (Å²) in [4.78, 5) is 12.7. The normalized spacial score (nSPS) is 14.2. The van der Waals surface area contributed by atoms with Crippen molar-refractivity contribution < 1.29 is 17.9 Å². The van der Waals surface area contributed by atoms with E-state index in [0.717, 1.165) is 16.7 Å². The molecule has 3 aromatic carbocycles. The van der Waals surface area contributed by atoms with Crippen LogP contribution in [0.2, 0.25) is 0 Å². The van der Waals surface area contributed by atoms with E-state index in [0.29, 0.717) is 24.2 Å². The topological polar surface area (TPSA) is 75.7 Å². The van der Waals surface area contributed by atoms with Crippen LogP contribution in [0.5, 0.6) is 5.75 Å². The maximum atomic E-state index is 12.9. The first-order valence-corrected chi connectivity index (χ1v) is 10.5. The third-order valence-corrected chi connectivity index (χ3v) is 6.47. The Kier molecular flexibility index (Phi) is 4.68. The molecule has 7 heteroatoms. The lowest BCUT2D eigenvalue weighted by molar-refractivity contribution is -0.119. The Morgan fingerprint density at radius 1 is 1.07 bits per heavy atom. The van der Waals surface area contributed by atoms with Gasteiger partial charge in [0, 0.05) is 11.9 Å². The van der Waals surface area contributed by atoms with Gasteiger partial charge in [0.2, 0.25) is 5.91 Å². The molecule has 0 fully saturated rings. The average molecular weight is 396 g/mol. The second kappa shape index (κ2) is 7.16. The Bertz CT molecular complexity index is 1150. The molecule has 1 heterocycles. The van der Waals surface area contributed by atoms with Gasteiger partial charge in [-0.25, -0.2) is 8.42 Å². The summed E-state index contributed by atoms with van der Waals surface area (Å²) < 4.78 is 32.5. The number of nitrogens with zero attached hydrogens (tertiary/aromatic N) is 1. The van der Waals surface area contributed by atoms with Crippen LogP contribution in [0.1, 0.15) is 12.5 Å². The maximum absolute atomic E-state index is 12.9. The van der Waals surface area contributed by atoms with Crippen LogP contribution in [0.3, 0.4) is 0 Å². The van der Waals surface area contributed by atoms with Gasteiger partial charge in [-0.3, -0.25) is 9.10 Å². The number of hydrogen-bond donors (Lipinski definition) is 1. The molecule has 0 aromatic heterocycles. The van der Waals surface area contributed by atoms with Crippen LogP contribution in [0.15, 0.2) is 65.6 Å². The van der Waals surface area contributed by atoms with Crippen LogP contribution >= 0.6 is 0 Å². The highest BCUT2D eigenvalue weighted by Crippen LogP contribution is 2.41. The molecule has 3 aromatic rings. The van der Waals surface area contributed by atoms with E-state index in [-0.39, 0.29) is 17.3 Å². The Balaban J connectivity index is 1.51. The number of nitrogens with one attached hydrogen (secondary N) is 1. The van der Waals surface area contributed by atoms with E-state index in [1.165, 1.54) is 4.31 Å². The SMILES string of the molecule is CCOc1cccc(CNC(=O)CN2c3cccc4cccc(c34)S2(=O)=O)c1. The Hall–Kier alpha value is -3.06. The Morgan fingerprint density at radius 3 is 2.61 bits per heavy atom. The summed E-state index contributed by atoms with van der Waals surface area (Å²) in [6.07, 6.45) is 0. The molecule has 0 spiro atoms. The van der Waals surface area contributed by atoms with Gasteiger partial charge < -0.3 is 10.1 Å². The van der Waals surface area contributed by atoms with Gasteiger partial charge in [-0.15, -0.1) is 0 Å². The summed E-state index contributed by atoms with van der Waals surface area (Å²) in [5.41, 5.74) is 1.43. The van der Waals surface area contributed by atoms with Gasteiger partial charge in [0.1, 0.15) is 12.3 Å². The van der Waals surface area contributed by atoms with Gasteiger partial charge in [-0.2, -0.15) is 0 Å². The van der Waals surface area contributed by atoms with Gasteiger partial charge in [-0.1, -0.05) is 36.4 Å². The summed E-state index contributed by atoms with van der Waals surface area (Å²) in [5, 5.41) is 4.30. The molecule has 0 radical (unpaired) electrons. The standard InChI is InChI=1S/C21H20N2O4S/c1-2-27-17-9-3-6-15(12-17)13-22-20(24)14-23-18-10-4-7-16-8-5-11-19(21(16)18)28(23,25)26/h3-12H,2,13-14H2,1H3,(H,22,24). The molecule has 1 aliphatic heterocycles. The van der Waals surface area contributed by atoms with Crippen LogP contribution < -0.4 is 14.4 Å². The number of hydrogen-bond acceptors (Lipinski definition) is 4. The highest BCUT2D eigenvalue weighted by molar-refractivity contribution is 7.93. The predicted molar refractivity (Wildman–Crippen MR) is 108 cm³/mol. The van der Waals surface area contributed by atoms with Gasteiger partial charge in [-0.05, 0) is 42.1 Å². The molecule has 144 valence electrons. The highest BCUT2D eigenvalue weighted by atomic mass is 32.2. The number of benzene rings is 3. The Morgan fingerprint density at radius 2 is 1.82 bits per heavy atom. The van der Waals surface area contributed by atoms with E-state index in [2.05, 4.69) is 5.32 Å². The van der Waals surface area contributed by atoms with Gasteiger partial charge in [0.05, 0.1) is 17.2 Å². The lowest BCUT2D eigenvalue weighted by Crippen LogP contribution is -2.38. The summed E-state index contributed by atoms with van der Waals surface area (Å²) in [6, 6.07) is 18.0. The molecule has 0 saturated heterocycles. The molecule has 6 nitrogen and oxygen atoms in total. The lowest BCUT2D eigenvalue weighted by Gasteiger charge is -2.18. The number of amides is 1. The van der Waals surface area contributed by atoms with E-state index < -0.39 is 10.0 Å². The summed E-state index contributed by atoms with van der Waals surface area (Å²) in [7, 11) is -3.74. The quantitative estimate of drug-likeness (QED) is 0.695. The maximum Gasteiger partial charge on any atom is 0.265 e. The molecular weight excluding hydrogens is 376 g/mol. The number of rotatable bonds is 6. The number of anilines is 1. The van der Waals surface area contributed by atoms with Crippen LogP contribution in [-0.4, -0.2) is 27.5 Å². The summed E-state index contributed by atoms with van der Waals surface area (Å²) in [6.45, 7) is 2.50. The van der Waals surface area contributed by atoms with Crippen molar-refractivity contribution >= 4 is 32.4 Å². The van der Waals surface area contributed by atoms with Crippen molar-refractivity contribution in [1.29, 1.82) is 0 Å². The van der Waals surface area contributed by atoms with Crippen molar-refractivity contribution in [3.05, 3.63) is 66.2 Å². The van der Waals surface area contributed by atoms with E-state index >= 15 is 0 Å². The molecule has 0 aliphatic carbocycles. The molecule has 28 heavy (non-hydrogen) atoms. The van der Waals surface area contributed by atoms with Crippen molar-refractivity contribution in [2.45, 2.75) is 18.4 Å². The van der Waals surface area contributed by atoms with Crippen molar-refractivity contribution in [1.82, 2.24) is 5.32 Å². The zero-order chi connectivity index (χ0) is 19.7. The minimum absolute atomic E-state index is 0.248. The molecule has 1 amide bonds. The molecule has 4 rings (SSSR count). The summed E-state index contributed by atoms with van der Waals surface area (Å²) in [5.74, 6) is 0.369. The first-order valence-electron chi connectivity index (χ1n) is 9.03. The van der Waals surface area contributed by atoms with Gasteiger partial charge >= 0.3 is 0 Å². The fourth-order valence-electron chi connectivity index (χ4n) is 3.43. The molecule has 1 aliphatic rings. The molecule has 1 N–H and O–H groups in total. The second-order valence-corrected chi connectivity index (χ2v) is 8.33. The molecule has 0 atom stereocenters. The third kappa shape index (κ3) is 3.18. The van der Waals surface area contributed by atoms with Crippen molar-refractivity contribution in [3.63, 3.8) is 0 Å². The second-order valence-electron chi connectivity index (χ2n) is 6.50. The van der Waals surface area contributed by atoms with E-state index in [1.54, 1.807) is 24.3 Å². The van der Waals surface area contributed by atoms with E-state index in [4.69, 9.17) is 4.74 Å². The summed E-state index contributed by atoms with van der Waals surface area (Å²) >= 11 is 0. The fourth-order valence-corrected chi connectivity index (χ4v) is 5.09. The zero-order valence-corrected chi connectivity index (χ0v) is 16.2. The largest absolute Gasteiger partial charge is 0.494 e. The number of ether oxygens (including phenoxy) is 1. The Labute approximate surface area is 163 Å². The van der Waals surface area contributed by atoms with Crippen molar-refractivity contribution in [3.8, 4) is 5.75 Å². The first-order chi connectivity index (χ1) is 13.5. The minimum Gasteiger partial charge on any atom is -0.494 e. The molecule has 0 unspecified atom stereocenters. The van der Waals surface area contributed by atoms with Crippen LogP contribution in [0, 0.1) is 0 Å². The molecule has 0 saturated carbocycles. The van der Waals surface area contributed by atoms with E-state index in [1.807, 2.05) is 43.3 Å². The zero-order valence-electron chi connectivity index (χ0n) is 15.4. The smallest absolute Gasteiger partial charge is 0.265 e. The molecule has 0 bridgehead atoms. The highest BCUT2D eigenvalue weighted by Gasteiger charge is 2.36. The fraction of sp³-hybridized carbons (Fsp3) is 0.190. The van der Waals surface area contributed by atoms with Crippen LogP contribution in [0.25, 0.3) is 10.8 Å². The van der Waals surface area contributed by atoms with Crippen molar-refractivity contribution in [2.24, 2.45) is 0 Å². The number of sulfonamides is 1. The first kappa shape index (κ1) is 18.3. The van der Waals surface area contributed by atoms with Crippen LogP contribution in [-0.2, 0) is 21.4 Å². The molecular formula is C21H20N2O4S. The lowest BCUT2D eigenvalue weighted by atomic mass is 10.1.